The number of hydrogen-bond acceptors (Lipinski definition) is 2. The Labute approximate surface area is 68.4 Å². The molecule has 1 aliphatic rings. The topological polar surface area (TPSA) is 29.1 Å². The minimum absolute atomic E-state index is 0.667. The Bertz CT molecular complexity index is 125. The lowest BCUT2D eigenvalue weighted by atomic mass is 9.93. The van der Waals surface area contributed by atoms with Gasteiger partial charge in [-0.15, -0.1) is 0 Å². The number of carbonyl (C=O) groups excluding carboxylic acids is 1. The molecule has 2 unspecified atom stereocenters. The zero-order valence-electron chi connectivity index (χ0n) is 7.18. The van der Waals surface area contributed by atoms with E-state index in [9.17, 15) is 4.79 Å². The molecule has 0 radical (unpaired) electrons. The van der Waals surface area contributed by atoms with Gasteiger partial charge in [-0.2, -0.15) is 0 Å². The summed E-state index contributed by atoms with van der Waals surface area (Å²) in [6.07, 6.45) is 5.71. The first-order valence-electron chi connectivity index (χ1n) is 4.46. The highest BCUT2D eigenvalue weighted by Crippen LogP contribution is 2.32. The Morgan fingerprint density at radius 1 is 1.45 bits per heavy atom. The summed E-state index contributed by atoms with van der Waals surface area (Å²) >= 11 is 0. The molecule has 0 aromatic carbocycles. The van der Waals surface area contributed by atoms with E-state index in [2.05, 4.69) is 5.32 Å². The van der Waals surface area contributed by atoms with Gasteiger partial charge in [0.25, 0.3) is 0 Å². The van der Waals surface area contributed by atoms with Gasteiger partial charge in [0, 0.05) is 6.42 Å². The quantitative estimate of drug-likeness (QED) is 0.618. The normalized spacial score (nSPS) is 30.6. The van der Waals surface area contributed by atoms with Crippen molar-refractivity contribution in [1.29, 1.82) is 0 Å². The highest BCUT2D eigenvalue weighted by Gasteiger charge is 2.25. The van der Waals surface area contributed by atoms with Crippen LogP contribution in [-0.4, -0.2) is 19.9 Å². The standard InChI is InChI=1S/C9H17NO/c1-10-7-9-4-2-3-8(9)5-6-11/h6,8-10H,2-5,7H2,1H3. The molecule has 0 aliphatic heterocycles. The highest BCUT2D eigenvalue weighted by molar-refractivity contribution is 5.49. The second kappa shape index (κ2) is 4.50. The van der Waals surface area contributed by atoms with Gasteiger partial charge < -0.3 is 10.1 Å². The van der Waals surface area contributed by atoms with E-state index in [1.807, 2.05) is 7.05 Å². The summed E-state index contributed by atoms with van der Waals surface area (Å²) in [6, 6.07) is 0. The van der Waals surface area contributed by atoms with Crippen LogP contribution in [0.25, 0.3) is 0 Å². The van der Waals surface area contributed by atoms with Crippen LogP contribution in [-0.2, 0) is 4.79 Å². The average Bonchev–Trinajstić information content (AvgIpc) is 2.39. The molecule has 64 valence electrons. The Morgan fingerprint density at radius 3 is 2.82 bits per heavy atom. The molecule has 0 spiro atoms. The van der Waals surface area contributed by atoms with Gasteiger partial charge in [0.1, 0.15) is 6.29 Å². The van der Waals surface area contributed by atoms with E-state index >= 15 is 0 Å². The lowest BCUT2D eigenvalue weighted by Gasteiger charge is -2.15. The summed E-state index contributed by atoms with van der Waals surface area (Å²) in [5.41, 5.74) is 0. The molecule has 2 atom stereocenters. The second-order valence-electron chi connectivity index (χ2n) is 3.41. The van der Waals surface area contributed by atoms with Crippen molar-refractivity contribution in [1.82, 2.24) is 5.32 Å². The van der Waals surface area contributed by atoms with Gasteiger partial charge in [-0.05, 0) is 38.3 Å². The summed E-state index contributed by atoms with van der Waals surface area (Å²) < 4.78 is 0. The van der Waals surface area contributed by atoms with Crippen LogP contribution in [0.1, 0.15) is 25.7 Å². The fourth-order valence-corrected chi connectivity index (χ4v) is 2.08. The van der Waals surface area contributed by atoms with E-state index < -0.39 is 0 Å². The molecular weight excluding hydrogens is 138 g/mol. The molecule has 2 nitrogen and oxygen atoms in total. The van der Waals surface area contributed by atoms with Gasteiger partial charge in [-0.25, -0.2) is 0 Å². The molecule has 2 heteroatoms. The average molecular weight is 155 g/mol. The molecule has 0 heterocycles. The van der Waals surface area contributed by atoms with E-state index in [4.69, 9.17) is 0 Å². The van der Waals surface area contributed by atoms with E-state index in [-0.39, 0.29) is 0 Å². The predicted octanol–water partition coefficient (Wildman–Crippen LogP) is 1.21. The van der Waals surface area contributed by atoms with E-state index in [1.54, 1.807) is 0 Å². The van der Waals surface area contributed by atoms with Crippen LogP contribution in [0, 0.1) is 11.8 Å². The lowest BCUT2D eigenvalue weighted by Crippen LogP contribution is -2.22. The summed E-state index contributed by atoms with van der Waals surface area (Å²) in [5, 5.41) is 3.18. The van der Waals surface area contributed by atoms with Crippen molar-refractivity contribution >= 4 is 6.29 Å². The maximum Gasteiger partial charge on any atom is 0.120 e. The Kier molecular flexibility index (Phi) is 3.57. The second-order valence-corrected chi connectivity index (χ2v) is 3.41. The Balaban J connectivity index is 2.31. The van der Waals surface area contributed by atoms with Crippen LogP contribution in [0.5, 0.6) is 0 Å². The third-order valence-corrected chi connectivity index (χ3v) is 2.68. The molecule has 1 N–H and O–H groups in total. The molecule has 0 aromatic heterocycles. The minimum Gasteiger partial charge on any atom is -0.319 e. The molecule has 1 rings (SSSR count). The van der Waals surface area contributed by atoms with Gasteiger partial charge in [-0.3, -0.25) is 0 Å². The van der Waals surface area contributed by atoms with Crippen molar-refractivity contribution in [3.05, 3.63) is 0 Å². The van der Waals surface area contributed by atoms with E-state index in [1.165, 1.54) is 19.3 Å². The van der Waals surface area contributed by atoms with Gasteiger partial charge >= 0.3 is 0 Å². The van der Waals surface area contributed by atoms with E-state index in [0.29, 0.717) is 5.92 Å². The Morgan fingerprint density at radius 2 is 2.18 bits per heavy atom. The molecule has 1 saturated carbocycles. The largest absolute Gasteiger partial charge is 0.319 e. The lowest BCUT2D eigenvalue weighted by molar-refractivity contribution is -0.108. The molecule has 0 aromatic rings. The number of aldehydes is 1. The van der Waals surface area contributed by atoms with Gasteiger partial charge in [0.05, 0.1) is 0 Å². The first-order chi connectivity index (χ1) is 5.38. The zero-order chi connectivity index (χ0) is 8.10. The van der Waals surface area contributed by atoms with Crippen LogP contribution < -0.4 is 5.32 Å². The van der Waals surface area contributed by atoms with E-state index in [0.717, 1.165) is 25.2 Å². The molecule has 0 amide bonds. The maximum atomic E-state index is 10.3. The van der Waals surface area contributed by atoms with Gasteiger partial charge in [-0.1, -0.05) is 6.42 Å². The van der Waals surface area contributed by atoms with Crippen LogP contribution in [0.3, 0.4) is 0 Å². The minimum atomic E-state index is 0.667. The molecule has 11 heavy (non-hydrogen) atoms. The van der Waals surface area contributed by atoms with Crippen molar-refractivity contribution in [2.24, 2.45) is 11.8 Å². The monoisotopic (exact) mass is 155 g/mol. The van der Waals surface area contributed by atoms with Crippen LogP contribution in [0.2, 0.25) is 0 Å². The summed E-state index contributed by atoms with van der Waals surface area (Å²) in [6.45, 7) is 1.08. The van der Waals surface area contributed by atoms with Crippen molar-refractivity contribution in [2.45, 2.75) is 25.7 Å². The number of hydrogen-bond donors (Lipinski definition) is 1. The predicted molar refractivity (Wildman–Crippen MR) is 45.4 cm³/mol. The molecule has 0 bridgehead atoms. The fourth-order valence-electron chi connectivity index (χ4n) is 2.08. The third-order valence-electron chi connectivity index (χ3n) is 2.68. The van der Waals surface area contributed by atoms with Crippen molar-refractivity contribution < 1.29 is 4.79 Å². The third kappa shape index (κ3) is 2.29. The summed E-state index contributed by atoms with van der Waals surface area (Å²) in [7, 11) is 1.98. The molecular formula is C9H17NO. The maximum absolute atomic E-state index is 10.3. The van der Waals surface area contributed by atoms with Crippen LogP contribution in [0.4, 0.5) is 0 Å². The van der Waals surface area contributed by atoms with Gasteiger partial charge in [0.2, 0.25) is 0 Å². The number of carbonyl (C=O) groups is 1. The van der Waals surface area contributed by atoms with Crippen molar-refractivity contribution in [3.63, 3.8) is 0 Å². The zero-order valence-corrected chi connectivity index (χ0v) is 7.18. The highest BCUT2D eigenvalue weighted by atomic mass is 16.1. The number of nitrogens with one attached hydrogen (secondary N) is 1. The Hall–Kier alpha value is -0.370. The molecule has 1 fully saturated rings. The SMILES string of the molecule is CNCC1CCCC1CC=O. The van der Waals surface area contributed by atoms with Crippen molar-refractivity contribution in [2.75, 3.05) is 13.6 Å². The fraction of sp³-hybridized carbons (Fsp3) is 0.889. The summed E-state index contributed by atoms with van der Waals surface area (Å²) in [5.74, 6) is 1.42. The van der Waals surface area contributed by atoms with Crippen LogP contribution in [0.15, 0.2) is 0 Å². The first kappa shape index (κ1) is 8.72. The van der Waals surface area contributed by atoms with Gasteiger partial charge in [0.15, 0.2) is 0 Å². The summed E-state index contributed by atoms with van der Waals surface area (Å²) in [4.78, 5) is 10.3. The molecule has 1 aliphatic carbocycles. The first-order valence-corrected chi connectivity index (χ1v) is 4.46. The van der Waals surface area contributed by atoms with Crippen molar-refractivity contribution in [3.8, 4) is 0 Å². The molecule has 0 saturated heterocycles. The van der Waals surface area contributed by atoms with Crippen LogP contribution >= 0.6 is 0 Å². The smallest absolute Gasteiger partial charge is 0.120 e. The number of rotatable bonds is 4.